The van der Waals surface area contributed by atoms with Crippen LogP contribution < -0.4 is 10.6 Å². The summed E-state index contributed by atoms with van der Waals surface area (Å²) in [5, 5.41) is 6.43. The van der Waals surface area contributed by atoms with Crippen molar-refractivity contribution in [2.24, 2.45) is 0 Å². The highest BCUT2D eigenvalue weighted by Gasteiger charge is 2.35. The van der Waals surface area contributed by atoms with E-state index in [2.05, 4.69) is 24.5 Å². The Morgan fingerprint density at radius 2 is 1.86 bits per heavy atom. The molecule has 1 aliphatic rings. The fourth-order valence-corrected chi connectivity index (χ4v) is 3.58. The Kier molecular flexibility index (Phi) is 6.69. The van der Waals surface area contributed by atoms with Crippen molar-refractivity contribution in [3.63, 3.8) is 0 Å². The monoisotopic (exact) mass is 379 g/mol. The zero-order chi connectivity index (χ0) is 19.9. The van der Waals surface area contributed by atoms with Gasteiger partial charge >= 0.3 is 0 Å². The van der Waals surface area contributed by atoms with E-state index in [1.165, 1.54) is 0 Å². The van der Waals surface area contributed by atoms with Gasteiger partial charge in [0.2, 0.25) is 0 Å². The van der Waals surface area contributed by atoms with Crippen molar-refractivity contribution in [2.75, 3.05) is 18.4 Å². The third-order valence-electron chi connectivity index (χ3n) is 5.02. The second-order valence-electron chi connectivity index (χ2n) is 7.18. The van der Waals surface area contributed by atoms with Crippen molar-refractivity contribution in [1.29, 1.82) is 0 Å². The number of unbranched alkanes of at least 4 members (excludes halogenated alkanes) is 2. The molecule has 0 radical (unpaired) electrons. The minimum absolute atomic E-state index is 0.0553. The van der Waals surface area contributed by atoms with Gasteiger partial charge < -0.3 is 15.5 Å². The summed E-state index contributed by atoms with van der Waals surface area (Å²) < 4.78 is 0. The van der Waals surface area contributed by atoms with Crippen LogP contribution in [-0.4, -0.2) is 29.8 Å². The van der Waals surface area contributed by atoms with Gasteiger partial charge in [0.1, 0.15) is 6.17 Å². The number of carbonyl (C=O) groups excluding carboxylic acids is 2. The molecule has 2 aromatic carbocycles. The minimum atomic E-state index is -0.216. The number of rotatable bonds is 9. The van der Waals surface area contributed by atoms with Gasteiger partial charge in [-0.25, -0.2) is 0 Å². The first-order chi connectivity index (χ1) is 13.7. The molecule has 0 fully saturated rings. The second kappa shape index (κ2) is 9.40. The topological polar surface area (TPSA) is 61.4 Å². The maximum absolute atomic E-state index is 12.8. The lowest BCUT2D eigenvalue weighted by atomic mass is 10.1. The lowest BCUT2D eigenvalue weighted by Gasteiger charge is -2.27. The first-order valence-corrected chi connectivity index (χ1v) is 10.2. The highest BCUT2D eigenvalue weighted by atomic mass is 16.2. The largest absolute Gasteiger partial charge is 0.361 e. The van der Waals surface area contributed by atoms with E-state index in [-0.39, 0.29) is 18.0 Å². The fraction of sp³-hybridized carbons (Fsp3) is 0.391. The highest BCUT2D eigenvalue weighted by molar-refractivity contribution is 5.99. The highest BCUT2D eigenvalue weighted by Crippen LogP contribution is 2.34. The van der Waals surface area contributed by atoms with Gasteiger partial charge in [-0.05, 0) is 37.1 Å². The molecule has 0 saturated heterocycles. The van der Waals surface area contributed by atoms with Crippen LogP contribution in [0.5, 0.6) is 0 Å². The molecule has 0 aromatic heterocycles. The van der Waals surface area contributed by atoms with E-state index in [9.17, 15) is 9.59 Å². The Bertz CT molecular complexity index is 834. The smallest absolute Gasteiger partial charge is 0.256 e. The molecule has 1 unspecified atom stereocenters. The van der Waals surface area contributed by atoms with Crippen molar-refractivity contribution in [3.8, 4) is 0 Å². The van der Waals surface area contributed by atoms with Crippen LogP contribution in [0.25, 0.3) is 0 Å². The summed E-state index contributed by atoms with van der Waals surface area (Å²) in [6, 6.07) is 15.2. The summed E-state index contributed by atoms with van der Waals surface area (Å²) >= 11 is 0. The number of hydrogen-bond acceptors (Lipinski definition) is 3. The normalized spacial score (nSPS) is 15.4. The number of carbonyl (C=O) groups is 2. The van der Waals surface area contributed by atoms with Gasteiger partial charge in [0.15, 0.2) is 0 Å². The molecule has 28 heavy (non-hydrogen) atoms. The van der Waals surface area contributed by atoms with Crippen LogP contribution in [-0.2, 0) is 0 Å². The number of amides is 2. The number of nitrogens with one attached hydrogen (secondary N) is 2. The molecule has 0 saturated carbocycles. The quantitative estimate of drug-likeness (QED) is 0.627. The average Bonchev–Trinajstić information content (AvgIpc) is 2.98. The maximum Gasteiger partial charge on any atom is 0.256 e. The van der Waals surface area contributed by atoms with Crippen molar-refractivity contribution in [1.82, 2.24) is 10.2 Å². The number of anilines is 1. The van der Waals surface area contributed by atoms with Crippen molar-refractivity contribution >= 4 is 17.5 Å². The van der Waals surface area contributed by atoms with E-state index in [4.69, 9.17) is 0 Å². The van der Waals surface area contributed by atoms with Gasteiger partial charge in [0.25, 0.3) is 11.8 Å². The first kappa shape index (κ1) is 19.9. The lowest BCUT2D eigenvalue weighted by molar-refractivity contribution is 0.0742. The third kappa shape index (κ3) is 4.35. The van der Waals surface area contributed by atoms with Crippen LogP contribution in [0.2, 0.25) is 0 Å². The molecule has 3 rings (SSSR count). The fourth-order valence-electron chi connectivity index (χ4n) is 3.58. The average molecular weight is 380 g/mol. The summed E-state index contributed by atoms with van der Waals surface area (Å²) in [4.78, 5) is 27.0. The van der Waals surface area contributed by atoms with E-state index in [0.29, 0.717) is 18.7 Å². The second-order valence-corrected chi connectivity index (χ2v) is 7.18. The zero-order valence-electron chi connectivity index (χ0n) is 16.7. The molecule has 148 valence electrons. The van der Waals surface area contributed by atoms with Crippen molar-refractivity contribution < 1.29 is 9.59 Å². The van der Waals surface area contributed by atoms with Crippen LogP contribution in [0, 0.1) is 0 Å². The SMILES string of the molecule is CCCCCNC(=O)c1cccc(NC2c3ccccc3C(=O)N2CCC)c1. The zero-order valence-corrected chi connectivity index (χ0v) is 16.7. The molecule has 1 atom stereocenters. The Morgan fingerprint density at radius 1 is 1.04 bits per heavy atom. The standard InChI is InChI=1S/C23H29N3O2/c1-3-5-8-14-24-22(27)17-10-9-11-18(16-17)25-21-19-12-6-7-13-20(19)23(28)26(21)15-4-2/h6-7,9-13,16,21,25H,3-5,8,14-15H2,1-2H3,(H,24,27). The van der Waals surface area contributed by atoms with Crippen LogP contribution in [0.15, 0.2) is 48.5 Å². The molecule has 5 nitrogen and oxygen atoms in total. The molecule has 5 heteroatoms. The summed E-state index contributed by atoms with van der Waals surface area (Å²) in [6.07, 6.45) is 3.91. The van der Waals surface area contributed by atoms with Crippen LogP contribution in [0.1, 0.15) is 72.0 Å². The molecule has 1 heterocycles. The van der Waals surface area contributed by atoms with Gasteiger partial charge in [-0.3, -0.25) is 9.59 Å². The number of fused-ring (bicyclic) bond motifs is 1. The Balaban J connectivity index is 1.75. The predicted molar refractivity (Wildman–Crippen MR) is 112 cm³/mol. The third-order valence-corrected chi connectivity index (χ3v) is 5.02. The van der Waals surface area contributed by atoms with Gasteiger partial charge in [0.05, 0.1) is 0 Å². The van der Waals surface area contributed by atoms with Crippen molar-refractivity contribution in [3.05, 3.63) is 65.2 Å². The minimum Gasteiger partial charge on any atom is -0.361 e. The van der Waals surface area contributed by atoms with E-state index in [1.54, 1.807) is 0 Å². The van der Waals surface area contributed by atoms with Gasteiger partial charge in [-0.1, -0.05) is 51.0 Å². The number of benzene rings is 2. The molecule has 2 N–H and O–H groups in total. The van der Waals surface area contributed by atoms with E-state index < -0.39 is 0 Å². The lowest BCUT2D eigenvalue weighted by Crippen LogP contribution is -2.33. The van der Waals surface area contributed by atoms with E-state index in [0.717, 1.165) is 42.5 Å². The van der Waals surface area contributed by atoms with Crippen LogP contribution in [0.4, 0.5) is 5.69 Å². The summed E-state index contributed by atoms with van der Waals surface area (Å²) in [5.41, 5.74) is 3.19. The van der Waals surface area contributed by atoms with Gasteiger partial charge in [-0.2, -0.15) is 0 Å². The molecule has 1 aliphatic heterocycles. The first-order valence-electron chi connectivity index (χ1n) is 10.2. The van der Waals surface area contributed by atoms with Crippen LogP contribution >= 0.6 is 0 Å². The summed E-state index contributed by atoms with van der Waals surface area (Å²) in [6.45, 7) is 5.59. The molecule has 0 bridgehead atoms. The Labute approximate surface area is 167 Å². The summed E-state index contributed by atoms with van der Waals surface area (Å²) in [7, 11) is 0. The number of nitrogens with zero attached hydrogens (tertiary/aromatic N) is 1. The van der Waals surface area contributed by atoms with Crippen LogP contribution in [0.3, 0.4) is 0 Å². The predicted octanol–water partition coefficient (Wildman–Crippen LogP) is 4.58. The van der Waals surface area contributed by atoms with Crippen molar-refractivity contribution in [2.45, 2.75) is 45.7 Å². The summed E-state index contributed by atoms with van der Waals surface area (Å²) in [5.74, 6) is -0.00663. The molecule has 2 aromatic rings. The van der Waals surface area contributed by atoms with Gasteiger partial charge in [-0.15, -0.1) is 0 Å². The Morgan fingerprint density at radius 3 is 2.64 bits per heavy atom. The van der Waals surface area contributed by atoms with Gasteiger partial charge in [0, 0.05) is 35.5 Å². The molecule has 2 amide bonds. The number of hydrogen-bond donors (Lipinski definition) is 2. The molecular weight excluding hydrogens is 350 g/mol. The molecule has 0 aliphatic carbocycles. The molecule has 0 spiro atoms. The Hall–Kier alpha value is -2.82. The molecular formula is C23H29N3O2. The van der Waals surface area contributed by atoms with E-state index >= 15 is 0 Å². The maximum atomic E-state index is 12.8. The van der Waals surface area contributed by atoms with E-state index in [1.807, 2.05) is 53.4 Å².